The van der Waals surface area contributed by atoms with Crippen LogP contribution in [-0.2, 0) is 23.6 Å². The molecule has 0 saturated carbocycles. The number of sulfonamides is 1. The van der Waals surface area contributed by atoms with Crippen molar-refractivity contribution in [2.75, 3.05) is 12.8 Å². The third-order valence-corrected chi connectivity index (χ3v) is 5.61. The van der Waals surface area contributed by atoms with Crippen molar-refractivity contribution in [3.8, 4) is 0 Å². The molecule has 0 aliphatic heterocycles. The standard InChI is InChI=1S/C12H14Cl2N4O2S/c1-17-7-10(12(15)16-17)21(19,20)18(2)6-8-4-3-5-9(13)11(8)14/h3-5,7H,6H2,1-2H3,(H2,15,16). The summed E-state index contributed by atoms with van der Waals surface area (Å²) in [4.78, 5) is -0.0364. The van der Waals surface area contributed by atoms with Gasteiger partial charge in [0.05, 0.1) is 10.0 Å². The van der Waals surface area contributed by atoms with Crippen molar-refractivity contribution in [3.63, 3.8) is 0 Å². The van der Waals surface area contributed by atoms with Gasteiger partial charge in [0, 0.05) is 26.8 Å². The summed E-state index contributed by atoms with van der Waals surface area (Å²) >= 11 is 12.0. The molecular formula is C12H14Cl2N4O2S. The highest BCUT2D eigenvalue weighted by molar-refractivity contribution is 7.89. The molecular weight excluding hydrogens is 335 g/mol. The highest BCUT2D eigenvalue weighted by atomic mass is 35.5. The van der Waals surface area contributed by atoms with E-state index in [1.54, 1.807) is 25.2 Å². The molecule has 0 radical (unpaired) electrons. The molecule has 1 aromatic carbocycles. The van der Waals surface area contributed by atoms with Crippen LogP contribution in [0.15, 0.2) is 29.3 Å². The Bertz CT molecular complexity index is 774. The molecule has 9 heteroatoms. The summed E-state index contributed by atoms with van der Waals surface area (Å²) in [5.74, 6) is -0.0402. The molecule has 1 heterocycles. The van der Waals surface area contributed by atoms with Crippen molar-refractivity contribution in [2.45, 2.75) is 11.4 Å². The second-order valence-corrected chi connectivity index (χ2v) is 7.32. The van der Waals surface area contributed by atoms with Crippen molar-refractivity contribution in [3.05, 3.63) is 40.0 Å². The summed E-state index contributed by atoms with van der Waals surface area (Å²) in [5, 5.41) is 4.55. The van der Waals surface area contributed by atoms with Crippen molar-refractivity contribution in [1.29, 1.82) is 0 Å². The smallest absolute Gasteiger partial charge is 0.248 e. The fourth-order valence-electron chi connectivity index (χ4n) is 1.85. The van der Waals surface area contributed by atoms with E-state index in [1.165, 1.54) is 17.9 Å². The van der Waals surface area contributed by atoms with Gasteiger partial charge in [-0.05, 0) is 11.6 Å². The monoisotopic (exact) mass is 348 g/mol. The molecule has 0 unspecified atom stereocenters. The molecule has 114 valence electrons. The second kappa shape index (κ2) is 5.84. The average Bonchev–Trinajstić information content (AvgIpc) is 2.74. The van der Waals surface area contributed by atoms with Gasteiger partial charge in [-0.1, -0.05) is 35.3 Å². The van der Waals surface area contributed by atoms with Gasteiger partial charge in [-0.25, -0.2) is 8.42 Å². The van der Waals surface area contributed by atoms with Gasteiger partial charge in [0.25, 0.3) is 0 Å². The number of nitrogens with zero attached hydrogens (tertiary/aromatic N) is 3. The summed E-state index contributed by atoms with van der Waals surface area (Å²) in [6.45, 7) is 0.0794. The van der Waals surface area contributed by atoms with E-state index in [0.717, 1.165) is 4.31 Å². The highest BCUT2D eigenvalue weighted by Crippen LogP contribution is 2.28. The first-order chi connectivity index (χ1) is 9.73. The Morgan fingerprint density at radius 3 is 2.62 bits per heavy atom. The molecule has 1 aromatic heterocycles. The summed E-state index contributed by atoms with van der Waals surface area (Å²) in [6, 6.07) is 5.07. The van der Waals surface area contributed by atoms with Gasteiger partial charge in [-0.2, -0.15) is 9.40 Å². The van der Waals surface area contributed by atoms with Crippen LogP contribution < -0.4 is 5.73 Å². The zero-order valence-corrected chi connectivity index (χ0v) is 13.7. The van der Waals surface area contributed by atoms with E-state index in [4.69, 9.17) is 28.9 Å². The molecule has 0 spiro atoms. The molecule has 0 amide bonds. The second-order valence-electron chi connectivity index (χ2n) is 4.53. The minimum absolute atomic E-state index is 0.0364. The first-order valence-corrected chi connectivity index (χ1v) is 8.11. The number of benzene rings is 1. The number of aryl methyl sites for hydroxylation is 1. The summed E-state index contributed by atoms with van der Waals surface area (Å²) in [6.07, 6.45) is 1.36. The zero-order valence-electron chi connectivity index (χ0n) is 11.4. The first-order valence-electron chi connectivity index (χ1n) is 5.92. The Morgan fingerprint density at radius 2 is 2.05 bits per heavy atom. The van der Waals surface area contributed by atoms with Gasteiger partial charge < -0.3 is 5.73 Å². The van der Waals surface area contributed by atoms with Gasteiger partial charge in [0.15, 0.2) is 5.82 Å². The minimum Gasteiger partial charge on any atom is -0.381 e. The van der Waals surface area contributed by atoms with E-state index in [1.807, 2.05) is 0 Å². The number of nitrogen functional groups attached to an aromatic ring is 1. The van der Waals surface area contributed by atoms with Crippen molar-refractivity contribution in [1.82, 2.24) is 14.1 Å². The van der Waals surface area contributed by atoms with Crippen LogP contribution >= 0.6 is 23.2 Å². The van der Waals surface area contributed by atoms with Crippen LogP contribution in [0.25, 0.3) is 0 Å². The first kappa shape index (κ1) is 16.1. The van der Waals surface area contributed by atoms with Gasteiger partial charge in [-0.15, -0.1) is 0 Å². The largest absolute Gasteiger partial charge is 0.381 e. The average molecular weight is 349 g/mol. The SMILES string of the molecule is CN(Cc1cccc(Cl)c1Cl)S(=O)(=O)c1cn(C)nc1N. The lowest BCUT2D eigenvalue weighted by Gasteiger charge is -2.17. The van der Waals surface area contributed by atoms with Crippen molar-refractivity contribution >= 4 is 39.0 Å². The number of aromatic nitrogens is 2. The number of hydrogen-bond acceptors (Lipinski definition) is 4. The lowest BCUT2D eigenvalue weighted by atomic mass is 10.2. The lowest BCUT2D eigenvalue weighted by Crippen LogP contribution is -2.27. The van der Waals surface area contributed by atoms with Gasteiger partial charge >= 0.3 is 0 Å². The number of hydrogen-bond donors (Lipinski definition) is 1. The molecule has 6 nitrogen and oxygen atoms in total. The number of halogens is 2. The number of rotatable bonds is 4. The molecule has 2 aromatic rings. The Kier molecular flexibility index (Phi) is 4.48. The number of nitrogens with two attached hydrogens (primary N) is 1. The Morgan fingerprint density at radius 1 is 1.38 bits per heavy atom. The van der Waals surface area contributed by atoms with Crippen LogP contribution in [0.5, 0.6) is 0 Å². The number of anilines is 1. The zero-order chi connectivity index (χ0) is 15.8. The maximum absolute atomic E-state index is 12.5. The molecule has 2 N–H and O–H groups in total. The van der Waals surface area contributed by atoms with Gasteiger partial charge in [-0.3, -0.25) is 4.68 Å². The topological polar surface area (TPSA) is 81.2 Å². The van der Waals surface area contributed by atoms with E-state index >= 15 is 0 Å². The van der Waals surface area contributed by atoms with Crippen LogP contribution in [0, 0.1) is 0 Å². The van der Waals surface area contributed by atoms with Crippen molar-refractivity contribution in [2.24, 2.45) is 7.05 Å². The molecule has 0 saturated heterocycles. The van der Waals surface area contributed by atoms with Gasteiger partial charge in [0.2, 0.25) is 10.0 Å². The Hall–Kier alpha value is -1.28. The maximum atomic E-state index is 12.5. The Labute approximate surface area is 133 Å². The highest BCUT2D eigenvalue weighted by Gasteiger charge is 2.26. The molecule has 0 bridgehead atoms. The lowest BCUT2D eigenvalue weighted by molar-refractivity contribution is 0.467. The fourth-order valence-corrected chi connectivity index (χ4v) is 3.46. The van der Waals surface area contributed by atoms with E-state index in [2.05, 4.69) is 5.10 Å². The normalized spacial score (nSPS) is 12.0. The van der Waals surface area contributed by atoms with E-state index < -0.39 is 10.0 Å². The van der Waals surface area contributed by atoms with Crippen LogP contribution in [0.2, 0.25) is 10.0 Å². The van der Waals surface area contributed by atoms with Gasteiger partial charge in [0.1, 0.15) is 4.90 Å². The third-order valence-electron chi connectivity index (χ3n) is 2.93. The molecule has 21 heavy (non-hydrogen) atoms. The van der Waals surface area contributed by atoms with Crippen LogP contribution in [0.3, 0.4) is 0 Å². The summed E-state index contributed by atoms with van der Waals surface area (Å²) in [5.41, 5.74) is 6.24. The summed E-state index contributed by atoms with van der Waals surface area (Å²) in [7, 11) is -0.709. The van der Waals surface area contributed by atoms with Crippen LogP contribution in [-0.4, -0.2) is 29.6 Å². The van der Waals surface area contributed by atoms with E-state index in [0.29, 0.717) is 15.6 Å². The summed E-state index contributed by atoms with van der Waals surface area (Å²) < 4.78 is 27.5. The predicted octanol–water partition coefficient (Wildman–Crippen LogP) is 2.13. The predicted molar refractivity (Wildman–Crippen MR) is 82.7 cm³/mol. The van der Waals surface area contributed by atoms with E-state index in [9.17, 15) is 8.42 Å². The quantitative estimate of drug-likeness (QED) is 0.917. The fraction of sp³-hybridized carbons (Fsp3) is 0.250. The Balaban J connectivity index is 2.33. The third kappa shape index (κ3) is 3.16. The molecule has 0 aliphatic rings. The van der Waals surface area contributed by atoms with Crippen LogP contribution in [0.1, 0.15) is 5.56 Å². The maximum Gasteiger partial charge on any atom is 0.248 e. The van der Waals surface area contributed by atoms with Crippen molar-refractivity contribution < 1.29 is 8.42 Å². The molecule has 0 aliphatic carbocycles. The minimum atomic E-state index is -3.75. The molecule has 0 atom stereocenters. The molecule has 0 fully saturated rings. The van der Waals surface area contributed by atoms with Crippen LogP contribution in [0.4, 0.5) is 5.82 Å². The molecule has 2 rings (SSSR count). The van der Waals surface area contributed by atoms with E-state index in [-0.39, 0.29) is 17.3 Å².